The Morgan fingerprint density at radius 3 is 1.52 bits per heavy atom. The fraction of sp³-hybridized carbons (Fsp3) is 0.250. The molecule has 0 spiro atoms. The summed E-state index contributed by atoms with van der Waals surface area (Å²) in [6.45, 7) is 0.553. The van der Waals surface area contributed by atoms with Crippen LogP contribution in [0, 0.1) is 20.2 Å². The molecule has 0 fully saturated rings. The van der Waals surface area contributed by atoms with Gasteiger partial charge in [-0.2, -0.15) is 0 Å². The number of hydrogen-bond donors (Lipinski definition) is 1. The van der Waals surface area contributed by atoms with Gasteiger partial charge in [-0.1, -0.05) is 47.8 Å². The van der Waals surface area contributed by atoms with Gasteiger partial charge in [-0.05, 0) is 24.3 Å². The molecule has 148 valence electrons. The van der Waals surface area contributed by atoms with Gasteiger partial charge in [0.2, 0.25) is 0 Å². The zero-order valence-corrected chi connectivity index (χ0v) is 18.7. The maximum absolute atomic E-state index is 10.3. The summed E-state index contributed by atoms with van der Waals surface area (Å²) in [5.74, 6) is 0.677. The van der Waals surface area contributed by atoms with Crippen LogP contribution in [0.3, 0.4) is 0 Å². The minimum atomic E-state index is -0.514. The van der Waals surface area contributed by atoms with Crippen LogP contribution in [0.2, 0.25) is 0 Å². The van der Waals surface area contributed by atoms with Crippen molar-refractivity contribution >= 4 is 59.2 Å². The lowest BCUT2D eigenvalue weighted by Crippen LogP contribution is -1.97. The molecule has 0 unspecified atom stereocenters. The molecular weight excluding hydrogens is 556 g/mol. The lowest BCUT2D eigenvalue weighted by atomic mass is 10.3. The zero-order valence-electron chi connectivity index (χ0n) is 14.0. The molecule has 8 nitrogen and oxygen atoms in total. The van der Waals surface area contributed by atoms with Crippen molar-refractivity contribution < 1.29 is 19.7 Å². The summed E-state index contributed by atoms with van der Waals surface area (Å²) >= 11 is 9.61. The maximum Gasteiger partial charge on any atom is 0.269 e. The molecule has 1 N–H and O–H groups in total. The number of non-ortho nitro benzene ring substituents is 2. The van der Waals surface area contributed by atoms with Crippen LogP contribution in [0.4, 0.5) is 11.4 Å². The van der Waals surface area contributed by atoms with Gasteiger partial charge < -0.3 is 9.84 Å². The summed E-state index contributed by atoms with van der Waals surface area (Å²) in [6.07, 6.45) is 0. The minimum absolute atomic E-state index is 0.0159. The first kappa shape index (κ1) is 25.3. The molecule has 0 aliphatic carbocycles. The third-order valence-electron chi connectivity index (χ3n) is 2.53. The van der Waals surface area contributed by atoms with E-state index >= 15 is 0 Å². The molecule has 0 saturated carbocycles. The van der Waals surface area contributed by atoms with Gasteiger partial charge in [0.25, 0.3) is 11.4 Å². The van der Waals surface area contributed by atoms with Crippen molar-refractivity contribution in [2.75, 3.05) is 22.6 Å². The summed E-state index contributed by atoms with van der Waals surface area (Å²) in [6, 6.07) is 11.1. The number of hydrogen-bond acceptors (Lipinski definition) is 6. The van der Waals surface area contributed by atoms with Gasteiger partial charge in [0.1, 0.15) is 11.5 Å². The Morgan fingerprint density at radius 2 is 1.19 bits per heavy atom. The number of phenolic OH excluding ortho intramolecular Hbond substituents is 1. The van der Waals surface area contributed by atoms with E-state index in [2.05, 4.69) is 47.8 Å². The van der Waals surface area contributed by atoms with E-state index in [0.717, 1.165) is 16.0 Å². The number of halogens is 3. The van der Waals surface area contributed by atoms with E-state index in [-0.39, 0.29) is 17.1 Å². The van der Waals surface area contributed by atoms with Crippen molar-refractivity contribution in [3.05, 3.63) is 68.8 Å². The van der Waals surface area contributed by atoms with Crippen LogP contribution in [-0.2, 0) is 0 Å². The lowest BCUT2D eigenvalue weighted by Gasteiger charge is -2.01. The van der Waals surface area contributed by atoms with Crippen LogP contribution in [0.5, 0.6) is 11.5 Å². The fourth-order valence-corrected chi connectivity index (χ4v) is 1.56. The summed E-state index contributed by atoms with van der Waals surface area (Å²) < 4.78 is 5.22. The number of benzene rings is 2. The second-order valence-electron chi connectivity index (χ2n) is 4.44. The topological polar surface area (TPSA) is 116 Å². The number of ether oxygens (including phenoxy) is 1. The predicted molar refractivity (Wildman–Crippen MR) is 115 cm³/mol. The van der Waals surface area contributed by atoms with Crippen LogP contribution in [0.25, 0.3) is 0 Å². The van der Waals surface area contributed by atoms with Crippen LogP contribution in [0.1, 0.15) is 0 Å². The Hall–Kier alpha value is -1.72. The van der Waals surface area contributed by atoms with Gasteiger partial charge in [0, 0.05) is 40.3 Å². The van der Waals surface area contributed by atoms with E-state index in [9.17, 15) is 20.2 Å². The van der Waals surface area contributed by atoms with Crippen LogP contribution in [0.15, 0.2) is 48.5 Å². The molecule has 0 amide bonds. The Morgan fingerprint density at radius 1 is 0.778 bits per heavy atom. The quantitative estimate of drug-likeness (QED) is 0.280. The number of rotatable bonds is 6. The molecule has 0 bridgehead atoms. The number of nitro benzene ring substituents is 2. The molecule has 27 heavy (non-hydrogen) atoms. The Labute approximate surface area is 181 Å². The molecule has 11 heteroatoms. The van der Waals surface area contributed by atoms with Crippen LogP contribution < -0.4 is 4.74 Å². The van der Waals surface area contributed by atoms with E-state index in [1.165, 1.54) is 36.4 Å². The highest BCUT2D eigenvalue weighted by Crippen LogP contribution is 2.17. The first-order chi connectivity index (χ1) is 12.8. The van der Waals surface area contributed by atoms with Gasteiger partial charge in [-0.25, -0.2) is 0 Å². The van der Waals surface area contributed by atoms with Gasteiger partial charge in [-0.3, -0.25) is 20.2 Å². The van der Waals surface area contributed by atoms with E-state index in [0.29, 0.717) is 12.4 Å². The monoisotopic (exact) mass is 570 g/mol. The van der Waals surface area contributed by atoms with Crippen LogP contribution in [-0.4, -0.2) is 37.6 Å². The summed E-state index contributed by atoms with van der Waals surface area (Å²) in [4.78, 5) is 19.4. The van der Waals surface area contributed by atoms with Crippen molar-refractivity contribution in [2.45, 2.75) is 0 Å². The average Bonchev–Trinajstić information content (AvgIpc) is 2.67. The first-order valence-electron chi connectivity index (χ1n) is 7.34. The van der Waals surface area contributed by atoms with Gasteiger partial charge in [0.05, 0.1) is 16.5 Å². The minimum Gasteiger partial charge on any atom is -0.508 e. The highest BCUT2D eigenvalue weighted by molar-refractivity contribution is 9.12. The average molecular weight is 573 g/mol. The molecule has 0 aromatic heterocycles. The van der Waals surface area contributed by atoms with Gasteiger partial charge >= 0.3 is 0 Å². The number of alkyl halides is 3. The number of aromatic hydroxyl groups is 1. The zero-order chi connectivity index (χ0) is 20.7. The van der Waals surface area contributed by atoms with E-state index in [4.69, 9.17) is 9.84 Å². The normalized spacial score (nSPS) is 9.15. The molecule has 2 aromatic carbocycles. The molecule has 2 aromatic rings. The van der Waals surface area contributed by atoms with Crippen molar-refractivity contribution in [3.8, 4) is 11.5 Å². The molecule has 0 aliphatic heterocycles. The molecule has 2 rings (SSSR count). The lowest BCUT2D eigenvalue weighted by molar-refractivity contribution is -0.385. The second kappa shape index (κ2) is 15.3. The van der Waals surface area contributed by atoms with Crippen molar-refractivity contribution in [1.29, 1.82) is 0 Å². The molecule has 0 radical (unpaired) electrons. The highest BCUT2D eigenvalue weighted by Gasteiger charge is 2.03. The first-order valence-corrected chi connectivity index (χ1v) is 10.7. The van der Waals surface area contributed by atoms with E-state index in [1.54, 1.807) is 12.1 Å². The van der Waals surface area contributed by atoms with Crippen molar-refractivity contribution in [3.63, 3.8) is 0 Å². The Bertz CT molecular complexity index is 682. The predicted octanol–water partition coefficient (Wildman–Crippen LogP) is 5.45. The SMILES string of the molecule is BrCCBr.O=[N+]([O-])c1ccc(O)cc1.O=[N+]([O-])c1ccc(OCCBr)cc1. The molecule has 0 heterocycles. The van der Waals surface area contributed by atoms with E-state index < -0.39 is 9.85 Å². The fourth-order valence-electron chi connectivity index (χ4n) is 1.39. The number of phenols is 1. The van der Waals surface area contributed by atoms with Gasteiger partial charge in [0.15, 0.2) is 0 Å². The summed E-state index contributed by atoms with van der Waals surface area (Å²) in [5.41, 5.74) is 0.0593. The van der Waals surface area contributed by atoms with Gasteiger partial charge in [-0.15, -0.1) is 0 Å². The molecule has 0 aliphatic rings. The number of nitrogens with zero attached hydrogens (tertiary/aromatic N) is 2. The Balaban J connectivity index is 0.000000428. The largest absolute Gasteiger partial charge is 0.508 e. The third kappa shape index (κ3) is 12.3. The van der Waals surface area contributed by atoms with E-state index in [1.807, 2.05) is 0 Å². The highest BCUT2D eigenvalue weighted by atomic mass is 79.9. The van der Waals surface area contributed by atoms with Crippen molar-refractivity contribution in [2.24, 2.45) is 0 Å². The molecular formula is C16H17Br3N2O6. The molecule has 0 atom stereocenters. The summed E-state index contributed by atoms with van der Waals surface area (Å²) in [5, 5.41) is 31.9. The Kier molecular flexibility index (Phi) is 14.4. The second-order valence-corrected chi connectivity index (χ2v) is 6.82. The third-order valence-corrected chi connectivity index (χ3v) is 4.71. The maximum atomic E-state index is 10.3. The van der Waals surface area contributed by atoms with Crippen molar-refractivity contribution in [1.82, 2.24) is 0 Å². The standard InChI is InChI=1S/C8H8BrNO3.C6H5NO3.C2H4Br2/c9-5-6-13-8-3-1-7(2-4-8)10(11)12;8-6-3-1-5(2-4-6)7(9)10;3-1-2-4/h1-4H,5-6H2;1-4,8H;1-2H2. The molecule has 0 saturated heterocycles. The number of nitro groups is 2. The summed E-state index contributed by atoms with van der Waals surface area (Å²) in [7, 11) is 0. The van der Waals surface area contributed by atoms with Crippen LogP contribution >= 0.6 is 47.8 Å². The smallest absolute Gasteiger partial charge is 0.269 e.